The van der Waals surface area contributed by atoms with Gasteiger partial charge in [0.15, 0.2) is 0 Å². The fourth-order valence-corrected chi connectivity index (χ4v) is 19.0. The Labute approximate surface area is 856 Å². The molecule has 10 nitrogen and oxygen atoms in total. The van der Waals surface area contributed by atoms with Gasteiger partial charge in [0.2, 0.25) is 35.3 Å². The summed E-state index contributed by atoms with van der Waals surface area (Å²) in [4.78, 5) is 29.3. The summed E-state index contributed by atoms with van der Waals surface area (Å²) >= 11 is 1.81. The maximum absolute atomic E-state index is 6.45. The molecule has 670 valence electrons. The second-order valence-electron chi connectivity index (χ2n) is 32.9. The second kappa shape index (κ2) is 41.9. The van der Waals surface area contributed by atoms with Gasteiger partial charge >= 0.3 is 63.2 Å². The van der Waals surface area contributed by atoms with Gasteiger partial charge in [-0.1, -0.05) is 279 Å². The summed E-state index contributed by atoms with van der Waals surface area (Å²) in [5.41, 5.74) is 24.5. The molecule has 0 saturated heterocycles. The summed E-state index contributed by atoms with van der Waals surface area (Å²) in [6, 6.07) is 176. The molecule has 0 aliphatic rings. The van der Waals surface area contributed by atoms with E-state index < -0.39 is 0 Å². The third-order valence-corrected chi connectivity index (χ3v) is 25.4. The van der Waals surface area contributed by atoms with Gasteiger partial charge in [-0.25, -0.2) is 0 Å². The van der Waals surface area contributed by atoms with E-state index in [-0.39, 0.29) is 63.2 Å². The van der Waals surface area contributed by atoms with Crippen LogP contribution in [0.2, 0.25) is 0 Å². The van der Waals surface area contributed by atoms with Crippen molar-refractivity contribution < 1.29 is 81.8 Å². The molecule has 0 spiro atoms. The summed E-state index contributed by atoms with van der Waals surface area (Å²) in [5.74, 6) is 2.72. The van der Waals surface area contributed by atoms with Gasteiger partial charge in [-0.05, 0) is 147 Å². The van der Waals surface area contributed by atoms with Gasteiger partial charge < -0.3 is 18.6 Å². The Morgan fingerprint density at radius 2 is 0.536 bits per heavy atom. The Balaban J connectivity index is 0.000000128. The van der Waals surface area contributed by atoms with Crippen LogP contribution in [0.1, 0.15) is 0 Å². The first-order valence-electron chi connectivity index (χ1n) is 45.1. The van der Waals surface area contributed by atoms with Crippen molar-refractivity contribution in [2.45, 2.75) is 0 Å². The van der Waals surface area contributed by atoms with Gasteiger partial charge in [-0.3, -0.25) is 29.9 Å². The average molecular weight is 2360 g/mol. The van der Waals surface area contributed by atoms with E-state index in [1.54, 1.807) is 0 Å². The monoisotopic (exact) mass is 2350 g/mol. The SMILES string of the molecule is [Pt+2].[Pt+2].[Pt+2].[c-]1ccccc1-c1cc(-c2ccc3c4ccccc4c4ccccc4c3c2)cc(Oc2cccc(-c3[c-]ccc(-c4ccccc4)c3)n2)n1.[c-]1ccccc1-c1cc(-c2cccc3c2oc2ccccc23)cc(Oc2cccc(-c3[c-]ccc(-c4ccccc4)c3)n2)n1.[c-]1ccccc1-c1cc(-c2cccc3c2sc2ccccc23)cc(Oc2cccc(-c3[c-]ccc(-c4ccccc4)c3)n2)n1. The molecule has 17 aromatic carbocycles. The molecule has 25 aromatic rings. The van der Waals surface area contributed by atoms with Crippen molar-refractivity contribution >= 4 is 85.8 Å². The first-order chi connectivity index (χ1) is 67.8. The van der Waals surface area contributed by atoms with E-state index in [0.717, 1.165) is 156 Å². The minimum atomic E-state index is 0. The van der Waals surface area contributed by atoms with Crippen LogP contribution in [0.5, 0.6) is 35.3 Å². The molecule has 25 rings (SSSR count). The summed E-state index contributed by atoms with van der Waals surface area (Å²) in [5, 5.41) is 12.1. The van der Waals surface area contributed by atoms with Crippen LogP contribution < -0.4 is 14.2 Å². The molecule has 0 aliphatic heterocycles. The van der Waals surface area contributed by atoms with Gasteiger partial charge in [0.05, 0.1) is 0 Å². The molecule has 0 fully saturated rings. The minimum Gasteiger partial charge on any atom is -0.455 e. The van der Waals surface area contributed by atoms with Crippen molar-refractivity contribution in [2.24, 2.45) is 0 Å². The molecule has 0 unspecified atom stereocenters. The van der Waals surface area contributed by atoms with Crippen molar-refractivity contribution in [1.29, 1.82) is 0 Å². The normalized spacial score (nSPS) is 11.0. The summed E-state index contributed by atoms with van der Waals surface area (Å²) in [6.07, 6.45) is 0. The molecule has 0 N–H and O–H groups in total. The number of rotatable bonds is 18. The fraction of sp³-hybridized carbons (Fsp3) is 0. The average Bonchev–Trinajstić information content (AvgIpc) is 0.795. The summed E-state index contributed by atoms with van der Waals surface area (Å²) in [7, 11) is 0. The molecule has 14 heteroatoms. The van der Waals surface area contributed by atoms with Crippen LogP contribution in [-0.4, -0.2) is 29.9 Å². The van der Waals surface area contributed by atoms with Crippen LogP contribution >= 0.6 is 11.3 Å². The Bertz CT molecular complexity index is 8420. The standard InChI is InChI=1S/C46H28N2O.C40H24N2O2.C40H24N2OS.3Pt/c1-3-13-31(14-4-1)33-17-11-18-35(27-33)43-23-12-24-45(47-43)49-46-30-36(29-44(48-46)32-15-5-2-6-16-32)34-25-26-41-39-21-8-7-19-37(39)38-20-9-10-22-40(38)42(41)28-34;1-3-12-27(13-4-1)29-16-9-17-30(24-29)35-21-11-23-38(41-35)44-39-26-31(25-36(42-39)28-14-5-2-6-15-28)32-19-10-20-34-33-18-7-8-22-37(33)43-40(32)34;1-3-12-27(13-4-1)29-16-9-17-30(24-29)35-21-11-23-38(41-35)43-39-26-31(25-36(42-39)28-14-5-2-6-15-28)32-19-10-20-34-33-18-7-8-22-37(33)44-40(32)34;;;/h1-15,17,19-30H;2*1-14,16,18-26H;;;/q3*-2;3*+2. The summed E-state index contributed by atoms with van der Waals surface area (Å²) in [6.45, 7) is 0. The number of benzene rings is 17. The third kappa shape index (κ3) is 19.7. The first-order valence-corrected chi connectivity index (χ1v) is 46.0. The molecule has 0 saturated carbocycles. The molecule has 0 radical (unpaired) electrons. The molecule has 8 heterocycles. The number of hydrogen-bond acceptors (Lipinski definition) is 11. The van der Waals surface area contributed by atoms with Crippen LogP contribution in [0.15, 0.2) is 465 Å². The minimum absolute atomic E-state index is 0. The summed E-state index contributed by atoms with van der Waals surface area (Å²) < 4.78 is 28.1. The van der Waals surface area contributed by atoms with E-state index in [4.69, 9.17) is 48.5 Å². The van der Waals surface area contributed by atoms with Crippen LogP contribution in [0, 0.1) is 36.4 Å². The Morgan fingerprint density at radius 3 is 0.993 bits per heavy atom. The van der Waals surface area contributed by atoms with E-state index in [9.17, 15) is 0 Å². The number of furan rings is 1. The van der Waals surface area contributed by atoms with E-state index >= 15 is 0 Å². The Kier molecular flexibility index (Phi) is 27.4. The van der Waals surface area contributed by atoms with Gasteiger partial charge in [0, 0.05) is 54.7 Å². The maximum Gasteiger partial charge on any atom is 2.00 e. The van der Waals surface area contributed by atoms with Crippen LogP contribution in [0.4, 0.5) is 0 Å². The number of hydrogen-bond donors (Lipinski definition) is 0. The predicted molar refractivity (Wildman–Crippen MR) is 557 cm³/mol. The van der Waals surface area contributed by atoms with Gasteiger partial charge in [-0.15, -0.1) is 225 Å². The zero-order chi connectivity index (χ0) is 91.2. The number of fused-ring (bicyclic) bond motifs is 12. The van der Waals surface area contributed by atoms with E-state index in [2.05, 4.69) is 261 Å². The molecule has 8 aromatic heterocycles. The molecule has 0 atom stereocenters. The van der Waals surface area contributed by atoms with Crippen molar-refractivity contribution in [3.8, 4) is 170 Å². The molecule has 0 aliphatic carbocycles. The Hall–Kier alpha value is -16.1. The smallest absolute Gasteiger partial charge is 0.455 e. The maximum atomic E-state index is 6.45. The van der Waals surface area contributed by atoms with E-state index in [0.29, 0.717) is 35.3 Å². The largest absolute Gasteiger partial charge is 2.00 e. The topological polar surface area (TPSA) is 118 Å². The zero-order valence-corrected chi connectivity index (χ0v) is 82.2. The van der Waals surface area contributed by atoms with E-state index in [1.165, 1.54) is 52.5 Å². The van der Waals surface area contributed by atoms with Gasteiger partial charge in [0.1, 0.15) is 11.2 Å². The first kappa shape index (κ1) is 91.7. The molecule has 0 bridgehead atoms. The number of pyridine rings is 6. The number of nitrogens with zero attached hydrogens (tertiary/aromatic N) is 6. The quantitative estimate of drug-likeness (QED) is 0.0607. The van der Waals surface area contributed by atoms with Crippen LogP contribution in [0.3, 0.4) is 0 Å². The van der Waals surface area contributed by atoms with Crippen LogP contribution in [0.25, 0.3) is 209 Å². The fourth-order valence-electron chi connectivity index (χ4n) is 17.7. The van der Waals surface area contributed by atoms with Crippen LogP contribution in [-0.2, 0) is 63.2 Å². The Morgan fingerprint density at radius 1 is 0.193 bits per heavy atom. The molecule has 0 amide bonds. The molecular formula is C126H76N6O4Pt3S. The number of aromatic nitrogens is 6. The predicted octanol–water partition coefficient (Wildman–Crippen LogP) is 33.3. The number of thiophene rings is 1. The number of ether oxygens (including phenoxy) is 3. The van der Waals surface area contributed by atoms with Crippen molar-refractivity contribution in [1.82, 2.24) is 29.9 Å². The van der Waals surface area contributed by atoms with Crippen molar-refractivity contribution in [3.05, 3.63) is 497 Å². The van der Waals surface area contributed by atoms with Crippen molar-refractivity contribution in [3.63, 3.8) is 0 Å². The number of para-hydroxylation sites is 2. The second-order valence-corrected chi connectivity index (χ2v) is 34.0. The van der Waals surface area contributed by atoms with Crippen molar-refractivity contribution in [2.75, 3.05) is 0 Å². The molecule has 140 heavy (non-hydrogen) atoms. The third-order valence-electron chi connectivity index (χ3n) is 24.2. The van der Waals surface area contributed by atoms with E-state index in [1.807, 2.05) is 248 Å². The molecular weight excluding hydrogens is 2280 g/mol. The van der Waals surface area contributed by atoms with Gasteiger partial charge in [0.25, 0.3) is 0 Å². The zero-order valence-electron chi connectivity index (χ0n) is 74.6. The van der Waals surface area contributed by atoms with Gasteiger partial charge in [-0.2, -0.15) is 0 Å².